The summed E-state index contributed by atoms with van der Waals surface area (Å²) in [6, 6.07) is 18.0. The zero-order chi connectivity index (χ0) is 24.8. The van der Waals surface area contributed by atoms with Gasteiger partial charge in [-0.05, 0) is 96.1 Å². The smallest absolute Gasteiger partial charge is 0.159 e. The quantitative estimate of drug-likeness (QED) is 0.144. The van der Waals surface area contributed by atoms with E-state index in [-0.39, 0.29) is 12.0 Å². The molecule has 0 aromatic heterocycles. The molecule has 35 heavy (non-hydrogen) atoms. The zero-order valence-electron chi connectivity index (χ0n) is 19.6. The molecule has 0 spiro atoms. The normalized spacial score (nSPS) is 10.9. The lowest BCUT2D eigenvalue weighted by Crippen LogP contribution is -2.01. The van der Waals surface area contributed by atoms with Gasteiger partial charge in [0.15, 0.2) is 11.6 Å². The zero-order valence-corrected chi connectivity index (χ0v) is 19.6. The summed E-state index contributed by atoms with van der Waals surface area (Å²) in [7, 11) is 0. The molecular formula is C31H26F4. The van der Waals surface area contributed by atoms with Crippen LogP contribution in [0, 0.1) is 35.1 Å². The topological polar surface area (TPSA) is 0 Å². The third kappa shape index (κ3) is 6.31. The first-order valence-electron chi connectivity index (χ1n) is 11.9. The molecule has 0 radical (unpaired) electrons. The van der Waals surface area contributed by atoms with Crippen molar-refractivity contribution >= 4 is 10.8 Å². The molecule has 0 amide bonds. The van der Waals surface area contributed by atoms with E-state index in [9.17, 15) is 17.6 Å². The Morgan fingerprint density at radius 2 is 1.17 bits per heavy atom. The van der Waals surface area contributed by atoms with Crippen molar-refractivity contribution in [2.75, 3.05) is 0 Å². The molecule has 0 saturated heterocycles. The number of aryl methyl sites for hydroxylation is 2. The van der Waals surface area contributed by atoms with Crippen LogP contribution in [0.2, 0.25) is 0 Å². The van der Waals surface area contributed by atoms with Gasteiger partial charge in [0.25, 0.3) is 0 Å². The fourth-order valence-electron chi connectivity index (χ4n) is 4.11. The van der Waals surface area contributed by atoms with E-state index in [1.807, 2.05) is 24.3 Å². The van der Waals surface area contributed by atoms with Gasteiger partial charge in [-0.1, -0.05) is 49.8 Å². The number of hydrogen-bond donors (Lipinski definition) is 0. The lowest BCUT2D eigenvalue weighted by molar-refractivity contribution is 0.511. The average Bonchev–Trinajstić information content (AvgIpc) is 2.84. The number of halogens is 4. The first-order valence-corrected chi connectivity index (χ1v) is 11.9. The molecule has 4 aromatic carbocycles. The van der Waals surface area contributed by atoms with Crippen molar-refractivity contribution in [3.8, 4) is 11.8 Å². The van der Waals surface area contributed by atoms with E-state index in [1.54, 1.807) is 18.2 Å². The second-order valence-electron chi connectivity index (χ2n) is 8.77. The summed E-state index contributed by atoms with van der Waals surface area (Å²) in [5.41, 5.74) is 3.28. The maximum Gasteiger partial charge on any atom is 0.159 e. The molecule has 0 unspecified atom stereocenters. The molecule has 0 aliphatic rings. The monoisotopic (exact) mass is 474 g/mol. The summed E-state index contributed by atoms with van der Waals surface area (Å²) in [5, 5.41) is 1.19. The minimum atomic E-state index is -0.888. The highest BCUT2D eigenvalue weighted by Gasteiger charge is 2.11. The van der Waals surface area contributed by atoms with Gasteiger partial charge in [-0.2, -0.15) is 0 Å². The van der Waals surface area contributed by atoms with Gasteiger partial charge in [0.2, 0.25) is 0 Å². The predicted octanol–water partition coefficient (Wildman–Crippen LogP) is 8.31. The van der Waals surface area contributed by atoms with Gasteiger partial charge in [-0.3, -0.25) is 0 Å². The summed E-state index contributed by atoms with van der Waals surface area (Å²) < 4.78 is 55.9. The molecule has 0 aliphatic carbocycles. The molecule has 0 bridgehead atoms. The third-order valence-electron chi connectivity index (χ3n) is 6.12. The molecule has 0 saturated carbocycles. The van der Waals surface area contributed by atoms with Crippen molar-refractivity contribution in [3.05, 3.63) is 118 Å². The van der Waals surface area contributed by atoms with Crippen LogP contribution in [0.3, 0.4) is 0 Å². The van der Waals surface area contributed by atoms with E-state index < -0.39 is 23.3 Å². The van der Waals surface area contributed by atoms with Crippen LogP contribution < -0.4 is 0 Å². The van der Waals surface area contributed by atoms with Crippen LogP contribution >= 0.6 is 0 Å². The molecule has 4 rings (SSSR count). The highest BCUT2D eigenvalue weighted by atomic mass is 19.2. The Labute approximate surface area is 203 Å². The summed E-state index contributed by atoms with van der Waals surface area (Å²) in [6.07, 6.45) is 4.55. The van der Waals surface area contributed by atoms with Crippen molar-refractivity contribution < 1.29 is 17.6 Å². The molecule has 0 heterocycles. The van der Waals surface area contributed by atoms with Crippen molar-refractivity contribution in [1.29, 1.82) is 0 Å². The molecule has 0 aliphatic heterocycles. The van der Waals surface area contributed by atoms with Crippen LogP contribution in [-0.2, 0) is 19.3 Å². The van der Waals surface area contributed by atoms with Crippen LogP contribution in [0.1, 0.15) is 54.0 Å². The summed E-state index contributed by atoms with van der Waals surface area (Å²) in [4.78, 5) is 0. The second kappa shape index (κ2) is 11.2. The fourth-order valence-corrected chi connectivity index (χ4v) is 4.11. The SMILES string of the molecule is CCCCCc1cc(F)c(CCc2ccc(C#Cc3ccc4cc(F)c(F)cc4c3)cc2)c(F)c1. The van der Waals surface area contributed by atoms with Crippen molar-refractivity contribution in [3.63, 3.8) is 0 Å². The van der Waals surface area contributed by atoms with Gasteiger partial charge in [-0.15, -0.1) is 0 Å². The molecule has 4 aromatic rings. The number of fused-ring (bicyclic) bond motifs is 1. The van der Waals surface area contributed by atoms with Crippen LogP contribution in [0.4, 0.5) is 17.6 Å². The molecule has 0 atom stereocenters. The molecular weight excluding hydrogens is 448 g/mol. The third-order valence-corrected chi connectivity index (χ3v) is 6.12. The first-order chi connectivity index (χ1) is 16.9. The van der Waals surface area contributed by atoms with Crippen molar-refractivity contribution in [2.24, 2.45) is 0 Å². The highest BCUT2D eigenvalue weighted by molar-refractivity contribution is 5.84. The number of benzene rings is 4. The standard InChI is InChI=1S/C31H26F4/c1-2-3-4-5-24-17-28(32)27(29(33)18-24)15-13-22-8-6-21(7-9-22)10-11-23-12-14-25-19-30(34)31(35)20-26(25)16-23/h6-9,12,14,16-20H,2-5,13,15H2,1H3. The molecule has 178 valence electrons. The molecule has 4 heteroatoms. The van der Waals surface area contributed by atoms with Gasteiger partial charge in [0.1, 0.15) is 11.6 Å². The van der Waals surface area contributed by atoms with E-state index in [4.69, 9.17) is 0 Å². The van der Waals surface area contributed by atoms with Crippen LogP contribution in [-0.4, -0.2) is 0 Å². The van der Waals surface area contributed by atoms with E-state index in [0.717, 1.165) is 36.5 Å². The first kappa shape index (κ1) is 24.5. The maximum absolute atomic E-state index is 14.5. The van der Waals surface area contributed by atoms with E-state index >= 15 is 0 Å². The molecule has 0 N–H and O–H groups in total. The van der Waals surface area contributed by atoms with E-state index in [2.05, 4.69) is 18.8 Å². The van der Waals surface area contributed by atoms with Crippen molar-refractivity contribution in [2.45, 2.75) is 45.4 Å². The Hall–Kier alpha value is -3.58. The lowest BCUT2D eigenvalue weighted by atomic mass is 9.99. The van der Waals surface area contributed by atoms with Gasteiger partial charge >= 0.3 is 0 Å². The Morgan fingerprint density at radius 3 is 1.86 bits per heavy atom. The summed E-state index contributed by atoms with van der Waals surface area (Å²) >= 11 is 0. The van der Waals surface area contributed by atoms with Crippen LogP contribution in [0.5, 0.6) is 0 Å². The number of hydrogen-bond acceptors (Lipinski definition) is 0. The minimum Gasteiger partial charge on any atom is -0.207 e. The number of unbranched alkanes of at least 4 members (excludes halogenated alkanes) is 2. The predicted molar refractivity (Wildman–Crippen MR) is 133 cm³/mol. The van der Waals surface area contributed by atoms with Crippen LogP contribution in [0.15, 0.2) is 66.7 Å². The molecule has 0 fully saturated rings. The largest absolute Gasteiger partial charge is 0.207 e. The second-order valence-corrected chi connectivity index (χ2v) is 8.77. The van der Waals surface area contributed by atoms with Gasteiger partial charge < -0.3 is 0 Å². The Bertz CT molecular complexity index is 1370. The Kier molecular flexibility index (Phi) is 7.87. The van der Waals surface area contributed by atoms with E-state index in [0.29, 0.717) is 34.7 Å². The summed E-state index contributed by atoms with van der Waals surface area (Å²) in [5.74, 6) is 3.39. The molecule has 0 nitrogen and oxygen atoms in total. The van der Waals surface area contributed by atoms with Crippen LogP contribution in [0.25, 0.3) is 10.8 Å². The maximum atomic E-state index is 14.5. The van der Waals surface area contributed by atoms with Gasteiger partial charge in [0, 0.05) is 16.7 Å². The number of rotatable bonds is 7. The summed E-state index contributed by atoms with van der Waals surface area (Å²) in [6.45, 7) is 2.10. The fraction of sp³-hybridized carbons (Fsp3) is 0.226. The van der Waals surface area contributed by atoms with Gasteiger partial charge in [-0.25, -0.2) is 17.6 Å². The van der Waals surface area contributed by atoms with Gasteiger partial charge in [0.05, 0.1) is 0 Å². The highest BCUT2D eigenvalue weighted by Crippen LogP contribution is 2.21. The Morgan fingerprint density at radius 1 is 0.543 bits per heavy atom. The Balaban J connectivity index is 1.40. The van der Waals surface area contributed by atoms with E-state index in [1.165, 1.54) is 18.2 Å². The van der Waals surface area contributed by atoms with Crippen molar-refractivity contribution in [1.82, 2.24) is 0 Å². The average molecular weight is 475 g/mol. The minimum absolute atomic E-state index is 0.126. The lowest BCUT2D eigenvalue weighted by Gasteiger charge is -2.09.